The summed E-state index contributed by atoms with van der Waals surface area (Å²) in [5.41, 5.74) is 1.84. The summed E-state index contributed by atoms with van der Waals surface area (Å²) in [5.74, 6) is 0.610. The van der Waals surface area contributed by atoms with Gasteiger partial charge in [-0.25, -0.2) is 9.48 Å². The van der Waals surface area contributed by atoms with Crippen molar-refractivity contribution in [3.05, 3.63) is 41.7 Å². The molecule has 1 aliphatic heterocycles. The number of rotatable bonds is 8. The van der Waals surface area contributed by atoms with Gasteiger partial charge in [-0.15, -0.1) is 5.10 Å². The van der Waals surface area contributed by atoms with Gasteiger partial charge in [0.1, 0.15) is 11.8 Å². The number of hydrogen-bond donors (Lipinski definition) is 1. The van der Waals surface area contributed by atoms with Gasteiger partial charge in [-0.3, -0.25) is 9.69 Å². The first-order valence-corrected chi connectivity index (χ1v) is 9.13. The largest absolute Gasteiger partial charge is 0.497 e. The van der Waals surface area contributed by atoms with E-state index in [-0.39, 0.29) is 18.0 Å². The van der Waals surface area contributed by atoms with E-state index in [9.17, 15) is 9.59 Å². The van der Waals surface area contributed by atoms with Crippen LogP contribution in [-0.4, -0.2) is 51.5 Å². The van der Waals surface area contributed by atoms with Crippen LogP contribution in [0.3, 0.4) is 0 Å². The number of amides is 3. The number of urea groups is 1. The van der Waals surface area contributed by atoms with Gasteiger partial charge in [0.25, 0.3) is 5.91 Å². The first kappa shape index (κ1) is 18.9. The van der Waals surface area contributed by atoms with Gasteiger partial charge in [-0.05, 0) is 44.4 Å². The van der Waals surface area contributed by atoms with Crippen LogP contribution in [0.2, 0.25) is 0 Å². The molecular formula is C19H25N5O3. The number of benzene rings is 1. The number of carbonyl (C=O) groups is 2. The van der Waals surface area contributed by atoms with Crippen molar-refractivity contribution in [2.45, 2.75) is 45.2 Å². The van der Waals surface area contributed by atoms with E-state index in [0.29, 0.717) is 25.1 Å². The Morgan fingerprint density at radius 2 is 1.96 bits per heavy atom. The Bertz CT molecular complexity index is 800. The molecule has 0 spiro atoms. The summed E-state index contributed by atoms with van der Waals surface area (Å²) in [6.07, 6.45) is 3.67. The lowest BCUT2D eigenvalue weighted by atomic mass is 10.1. The Labute approximate surface area is 158 Å². The molecule has 2 aromatic rings. The molecule has 1 unspecified atom stereocenters. The lowest BCUT2D eigenvalue weighted by Gasteiger charge is -2.12. The normalized spacial score (nSPS) is 16.9. The van der Waals surface area contributed by atoms with Crippen LogP contribution in [0.15, 0.2) is 30.5 Å². The van der Waals surface area contributed by atoms with Crippen LogP contribution in [0.5, 0.6) is 5.75 Å². The molecule has 1 saturated heterocycles. The molecule has 1 aromatic heterocycles. The first-order valence-electron chi connectivity index (χ1n) is 9.13. The fraction of sp³-hybridized carbons (Fsp3) is 0.474. The molecule has 27 heavy (non-hydrogen) atoms. The predicted molar refractivity (Wildman–Crippen MR) is 99.5 cm³/mol. The zero-order chi connectivity index (χ0) is 19.4. The number of carbonyl (C=O) groups excluding carboxylic acids is 2. The minimum absolute atomic E-state index is 0.200. The Morgan fingerprint density at radius 1 is 1.22 bits per heavy atom. The molecule has 1 aromatic carbocycles. The zero-order valence-corrected chi connectivity index (χ0v) is 15.9. The van der Waals surface area contributed by atoms with Gasteiger partial charge >= 0.3 is 6.03 Å². The molecular weight excluding hydrogens is 346 g/mol. The molecule has 1 N–H and O–H groups in total. The molecule has 0 bridgehead atoms. The lowest BCUT2D eigenvalue weighted by molar-refractivity contribution is -0.127. The van der Waals surface area contributed by atoms with Gasteiger partial charge in [0.15, 0.2) is 0 Å². The highest BCUT2D eigenvalue weighted by Crippen LogP contribution is 2.15. The number of aryl methyl sites for hydroxylation is 1. The topological polar surface area (TPSA) is 89.3 Å². The summed E-state index contributed by atoms with van der Waals surface area (Å²) in [4.78, 5) is 26.0. The van der Waals surface area contributed by atoms with Crippen molar-refractivity contribution in [2.24, 2.45) is 0 Å². The zero-order valence-electron chi connectivity index (χ0n) is 15.9. The van der Waals surface area contributed by atoms with E-state index in [1.165, 1.54) is 4.90 Å². The molecule has 3 rings (SSSR count). The summed E-state index contributed by atoms with van der Waals surface area (Å²) in [5, 5.41) is 10.9. The molecule has 8 heteroatoms. The third kappa shape index (κ3) is 4.45. The summed E-state index contributed by atoms with van der Waals surface area (Å²) >= 11 is 0. The number of hydrogen-bond acceptors (Lipinski definition) is 5. The lowest BCUT2D eigenvalue weighted by Crippen LogP contribution is -2.33. The van der Waals surface area contributed by atoms with Crippen LogP contribution in [0.1, 0.15) is 37.6 Å². The van der Waals surface area contributed by atoms with Crippen LogP contribution in [0.4, 0.5) is 4.79 Å². The second-order valence-electron chi connectivity index (χ2n) is 6.93. The number of nitrogens with one attached hydrogen (secondary N) is 1. The Kier molecular flexibility index (Phi) is 5.73. The van der Waals surface area contributed by atoms with E-state index in [2.05, 4.69) is 15.6 Å². The highest BCUT2D eigenvalue weighted by molar-refractivity contribution is 6.04. The van der Waals surface area contributed by atoms with Crippen molar-refractivity contribution in [1.29, 1.82) is 0 Å². The van der Waals surface area contributed by atoms with Crippen molar-refractivity contribution >= 4 is 11.9 Å². The summed E-state index contributed by atoms with van der Waals surface area (Å²) < 4.78 is 6.88. The number of ether oxygens (including phenoxy) is 1. The standard InChI is InChI=1S/C19H25N5O3/c1-13(2)24-12-15(21-22-24)11-17-18(25)23(19(26)20-17)10-4-5-14-6-8-16(27-3)9-7-14/h6-9,12-13,17H,4-5,10-11H2,1-3H3,(H,20,26). The molecule has 0 aliphatic carbocycles. The third-order valence-corrected chi connectivity index (χ3v) is 4.61. The molecule has 3 amide bonds. The van der Waals surface area contributed by atoms with Crippen molar-refractivity contribution in [3.8, 4) is 5.75 Å². The van der Waals surface area contributed by atoms with Crippen molar-refractivity contribution < 1.29 is 14.3 Å². The number of aromatic nitrogens is 3. The fourth-order valence-electron chi connectivity index (χ4n) is 3.03. The van der Waals surface area contributed by atoms with Gasteiger partial charge in [0, 0.05) is 25.2 Å². The Hall–Kier alpha value is -2.90. The quantitative estimate of drug-likeness (QED) is 0.717. The van der Waals surface area contributed by atoms with E-state index in [4.69, 9.17) is 4.74 Å². The van der Waals surface area contributed by atoms with Gasteiger partial charge in [-0.1, -0.05) is 17.3 Å². The van der Waals surface area contributed by atoms with Crippen LogP contribution >= 0.6 is 0 Å². The molecule has 0 saturated carbocycles. The molecule has 8 nitrogen and oxygen atoms in total. The van der Waals surface area contributed by atoms with Gasteiger partial charge in [0.05, 0.1) is 12.8 Å². The van der Waals surface area contributed by atoms with Crippen LogP contribution in [-0.2, 0) is 17.6 Å². The van der Waals surface area contributed by atoms with Crippen LogP contribution in [0.25, 0.3) is 0 Å². The van der Waals surface area contributed by atoms with Crippen LogP contribution in [0, 0.1) is 0 Å². The monoisotopic (exact) mass is 371 g/mol. The first-order chi connectivity index (χ1) is 13.0. The van der Waals surface area contributed by atoms with E-state index < -0.39 is 6.04 Å². The van der Waals surface area contributed by atoms with Gasteiger partial charge < -0.3 is 10.1 Å². The molecule has 1 atom stereocenters. The van der Waals surface area contributed by atoms with E-state index in [1.54, 1.807) is 11.8 Å². The highest BCUT2D eigenvalue weighted by Gasteiger charge is 2.37. The van der Waals surface area contributed by atoms with E-state index in [1.807, 2.05) is 44.3 Å². The fourth-order valence-corrected chi connectivity index (χ4v) is 3.03. The number of nitrogens with zero attached hydrogens (tertiary/aromatic N) is 4. The second kappa shape index (κ2) is 8.20. The SMILES string of the molecule is COc1ccc(CCCN2C(=O)NC(Cc3cn(C(C)C)nn3)C2=O)cc1. The molecule has 144 valence electrons. The minimum atomic E-state index is -0.573. The highest BCUT2D eigenvalue weighted by atomic mass is 16.5. The average Bonchev–Trinajstić information content (AvgIpc) is 3.23. The number of imide groups is 1. The van der Waals surface area contributed by atoms with Gasteiger partial charge in [0.2, 0.25) is 0 Å². The maximum atomic E-state index is 12.6. The van der Waals surface area contributed by atoms with Crippen LogP contribution < -0.4 is 10.1 Å². The van der Waals surface area contributed by atoms with Crippen molar-refractivity contribution in [2.75, 3.05) is 13.7 Å². The molecule has 1 fully saturated rings. The maximum Gasteiger partial charge on any atom is 0.324 e. The van der Waals surface area contributed by atoms with Gasteiger partial charge in [-0.2, -0.15) is 0 Å². The number of methoxy groups -OCH3 is 1. The molecule has 2 heterocycles. The average molecular weight is 371 g/mol. The van der Waals surface area contributed by atoms with E-state index in [0.717, 1.165) is 17.7 Å². The van der Waals surface area contributed by atoms with Crippen molar-refractivity contribution in [1.82, 2.24) is 25.2 Å². The summed E-state index contributed by atoms with van der Waals surface area (Å²) in [6, 6.07) is 7.09. The molecule has 0 radical (unpaired) electrons. The summed E-state index contributed by atoms with van der Waals surface area (Å²) in [6.45, 7) is 4.41. The smallest absolute Gasteiger partial charge is 0.324 e. The maximum absolute atomic E-state index is 12.6. The summed E-state index contributed by atoms with van der Waals surface area (Å²) in [7, 11) is 1.63. The Balaban J connectivity index is 1.52. The van der Waals surface area contributed by atoms with E-state index >= 15 is 0 Å². The van der Waals surface area contributed by atoms with Crippen molar-refractivity contribution in [3.63, 3.8) is 0 Å². The second-order valence-corrected chi connectivity index (χ2v) is 6.93. The third-order valence-electron chi connectivity index (χ3n) is 4.61. The predicted octanol–water partition coefficient (Wildman–Crippen LogP) is 1.96. The molecule has 1 aliphatic rings. The Morgan fingerprint density at radius 3 is 2.59 bits per heavy atom. The minimum Gasteiger partial charge on any atom is -0.497 e.